The molecule has 5 aromatic heterocycles. The van der Waals surface area contributed by atoms with Gasteiger partial charge >= 0.3 is 99.8 Å². The van der Waals surface area contributed by atoms with Crippen LogP contribution in [-0.4, -0.2) is 37.8 Å². The fourth-order valence-corrected chi connectivity index (χ4v) is 10.1. The minimum atomic E-state index is -1.72. The van der Waals surface area contributed by atoms with Gasteiger partial charge in [-0.2, -0.15) is 0 Å². The average Bonchev–Trinajstić information content (AvgIpc) is 3.85. The molecule has 0 atom stereocenters. The number of hydrogen-bond acceptors (Lipinski definition) is 5. The maximum absolute atomic E-state index is 6.61. The van der Waals surface area contributed by atoms with E-state index in [1.54, 1.807) is 0 Å². The fourth-order valence-electron chi connectivity index (χ4n) is 7.95. The van der Waals surface area contributed by atoms with Crippen LogP contribution in [0.2, 0.25) is 17.3 Å². The monoisotopic (exact) mass is 1060 g/mol. The maximum Gasteiger partial charge on any atom is 0 e. The third-order valence-corrected chi connectivity index (χ3v) is 15.6. The molecule has 0 unspecified atom stereocenters. The van der Waals surface area contributed by atoms with E-state index < -0.39 is 13.3 Å². The Hall–Kier alpha value is -5.99. The molecule has 0 amide bonds. The Morgan fingerprint density at radius 3 is 2.03 bits per heavy atom. The zero-order valence-electron chi connectivity index (χ0n) is 36.9. The number of nitrogens with zero attached hydrogens (tertiary/aromatic N) is 5. The molecule has 0 aliphatic heterocycles. The zero-order valence-corrected chi connectivity index (χ0v) is 41.4. The summed E-state index contributed by atoms with van der Waals surface area (Å²) in [7, 11) is 0. The van der Waals surface area contributed by atoms with Gasteiger partial charge in [0.05, 0.1) is 33.8 Å². The SMILES string of the molecule is Cc1cc2c(nc(-c3[c-]ccc4c3oc3nc(-c5ccccc5)ccc34)n2-c2ccc(C(C)(C)C)cc2-c2ccccc2)c(C)n1.[CH3][Ge]([CH3])([CH3])[c]1ccc(-c2[c-]cccc2)nc1.[Ir]. The first-order valence-corrected chi connectivity index (χ1v) is 28.5. The topological polar surface area (TPSA) is 69.6 Å². The van der Waals surface area contributed by atoms with Crippen molar-refractivity contribution in [3.05, 3.63) is 181 Å². The normalized spacial score (nSPS) is 11.7. The van der Waals surface area contributed by atoms with Crippen LogP contribution in [0.4, 0.5) is 0 Å². The summed E-state index contributed by atoms with van der Waals surface area (Å²) in [6, 6.07) is 56.8. The van der Waals surface area contributed by atoms with Gasteiger partial charge in [-0.25, -0.2) is 4.98 Å². The van der Waals surface area contributed by atoms with Crippen LogP contribution in [0.25, 0.3) is 83.8 Å². The van der Waals surface area contributed by atoms with E-state index >= 15 is 0 Å². The molecule has 0 fully saturated rings. The Bertz CT molecular complexity index is 3200. The molecular weight excluding hydrogens is 1010 g/mol. The van der Waals surface area contributed by atoms with Crippen molar-refractivity contribution in [1.29, 1.82) is 0 Å². The molecule has 0 saturated carbocycles. The molecule has 0 bridgehead atoms. The number of rotatable bonds is 6. The van der Waals surface area contributed by atoms with Gasteiger partial charge in [-0.15, -0.1) is 18.2 Å². The number of aryl methyl sites for hydroxylation is 2. The summed E-state index contributed by atoms with van der Waals surface area (Å²) in [4.78, 5) is 19.5. The third kappa shape index (κ3) is 8.83. The Balaban J connectivity index is 0.000000271. The molecular formula is C55H49GeIrN5O-2. The Labute approximate surface area is 386 Å². The van der Waals surface area contributed by atoms with E-state index in [0.29, 0.717) is 11.3 Å². The summed E-state index contributed by atoms with van der Waals surface area (Å²) in [6.45, 7) is 10.8. The number of fused-ring (bicyclic) bond motifs is 4. The second-order valence-electron chi connectivity index (χ2n) is 17.9. The van der Waals surface area contributed by atoms with E-state index in [0.717, 1.165) is 83.9 Å². The minimum Gasteiger partial charge on any atom is 0 e. The summed E-state index contributed by atoms with van der Waals surface area (Å²) < 4.78 is 10.3. The Kier molecular flexibility index (Phi) is 12.2. The third-order valence-electron chi connectivity index (χ3n) is 11.3. The molecule has 315 valence electrons. The van der Waals surface area contributed by atoms with E-state index in [2.05, 4.69) is 151 Å². The van der Waals surface area contributed by atoms with Crippen molar-refractivity contribution in [3.63, 3.8) is 0 Å². The smallest absolute Gasteiger partial charge is 0 e. The van der Waals surface area contributed by atoms with Crippen molar-refractivity contribution in [2.45, 2.75) is 57.3 Å². The van der Waals surface area contributed by atoms with Crippen LogP contribution in [0.3, 0.4) is 0 Å². The quantitative estimate of drug-likeness (QED) is 0.123. The Morgan fingerprint density at radius 2 is 1.37 bits per heavy atom. The molecule has 1 radical (unpaired) electrons. The summed E-state index contributed by atoms with van der Waals surface area (Å²) >= 11 is -1.72. The van der Waals surface area contributed by atoms with E-state index in [1.807, 2.05) is 74.6 Å². The van der Waals surface area contributed by atoms with Crippen LogP contribution >= 0.6 is 0 Å². The summed E-state index contributed by atoms with van der Waals surface area (Å²) in [5.74, 6) is 7.89. The van der Waals surface area contributed by atoms with E-state index in [-0.39, 0.29) is 25.5 Å². The zero-order chi connectivity index (χ0) is 43.2. The molecule has 63 heavy (non-hydrogen) atoms. The molecule has 0 saturated heterocycles. The summed E-state index contributed by atoms with van der Waals surface area (Å²) in [5, 5.41) is 1.94. The maximum atomic E-state index is 6.61. The molecule has 0 spiro atoms. The number of pyridine rings is 3. The van der Waals surface area contributed by atoms with E-state index in [4.69, 9.17) is 19.4 Å². The van der Waals surface area contributed by atoms with Crippen LogP contribution in [0.1, 0.15) is 37.7 Å². The largest absolute Gasteiger partial charge is 0 e. The van der Waals surface area contributed by atoms with Crippen LogP contribution in [-0.2, 0) is 25.5 Å². The molecule has 5 aromatic carbocycles. The van der Waals surface area contributed by atoms with E-state index in [9.17, 15) is 0 Å². The molecule has 10 aromatic rings. The van der Waals surface area contributed by atoms with Crippen LogP contribution < -0.4 is 4.40 Å². The molecule has 0 aliphatic rings. The molecule has 8 heteroatoms. The van der Waals surface area contributed by atoms with Crippen molar-refractivity contribution in [3.8, 4) is 50.7 Å². The fraction of sp³-hybridized carbons (Fsp3) is 0.164. The molecule has 6 nitrogen and oxygen atoms in total. The van der Waals surface area contributed by atoms with Gasteiger partial charge in [-0.3, -0.25) is 9.97 Å². The van der Waals surface area contributed by atoms with Crippen molar-refractivity contribution in [2.75, 3.05) is 0 Å². The van der Waals surface area contributed by atoms with Gasteiger partial charge in [0.1, 0.15) is 0 Å². The van der Waals surface area contributed by atoms with Gasteiger partial charge < -0.3 is 8.98 Å². The van der Waals surface area contributed by atoms with Gasteiger partial charge in [-0.1, -0.05) is 98.5 Å². The predicted octanol–water partition coefficient (Wildman–Crippen LogP) is 13.5. The van der Waals surface area contributed by atoms with Crippen LogP contribution in [0.15, 0.2) is 156 Å². The van der Waals surface area contributed by atoms with Crippen molar-refractivity contribution >= 4 is 50.8 Å². The number of hydrogen-bond donors (Lipinski definition) is 0. The van der Waals surface area contributed by atoms with Gasteiger partial charge in [0, 0.05) is 48.0 Å². The van der Waals surface area contributed by atoms with Crippen molar-refractivity contribution < 1.29 is 24.5 Å². The standard InChI is InChI=1S/C41H33N4O.C14H16GeN.Ir/c1-25-23-36-37(26(2)42-25)44-39(45(36)35-22-19-29(41(3,4)5)24-33(35)27-13-8-6-9-14-27)32-18-12-17-30-31-20-21-34(28-15-10-7-11-16-28)43-40(31)46-38(30)32;1-15(2,3)13-9-10-14(16-11-13)12-7-5-4-6-8-12;/h6-17,19-24H,1-5H3;4-7,9-11H,1-3H3;/q2*-1;. The van der Waals surface area contributed by atoms with Gasteiger partial charge in [0.2, 0.25) is 5.71 Å². The second kappa shape index (κ2) is 17.6. The van der Waals surface area contributed by atoms with Gasteiger partial charge in [0.15, 0.2) is 0 Å². The number of aromatic nitrogens is 5. The van der Waals surface area contributed by atoms with E-state index in [1.165, 1.54) is 9.96 Å². The minimum absolute atomic E-state index is 0. The molecule has 0 N–H and O–H groups in total. The van der Waals surface area contributed by atoms with Crippen LogP contribution in [0.5, 0.6) is 0 Å². The molecule has 10 rings (SSSR count). The van der Waals surface area contributed by atoms with Crippen molar-refractivity contribution in [2.24, 2.45) is 0 Å². The second-order valence-corrected chi connectivity index (χ2v) is 28.6. The first kappa shape index (κ1) is 43.7. The first-order chi connectivity index (χ1) is 29.8. The molecule has 0 aliphatic carbocycles. The van der Waals surface area contributed by atoms with Crippen LogP contribution in [0, 0.1) is 26.0 Å². The predicted molar refractivity (Wildman–Crippen MR) is 259 cm³/mol. The molecule has 5 heterocycles. The average molecular weight is 1060 g/mol. The van der Waals surface area contributed by atoms with Gasteiger partial charge in [-0.05, 0) is 60.7 Å². The summed E-state index contributed by atoms with van der Waals surface area (Å²) in [6.07, 6.45) is 2.04. The number of furan rings is 1. The van der Waals surface area contributed by atoms with Gasteiger partial charge in [0.25, 0.3) is 0 Å². The number of imidazole rings is 1. The van der Waals surface area contributed by atoms with Crippen molar-refractivity contribution in [1.82, 2.24) is 24.5 Å². The number of benzene rings is 5. The first-order valence-electron chi connectivity index (χ1n) is 21.1. The summed E-state index contributed by atoms with van der Waals surface area (Å²) in [5.41, 5.74) is 14.3. The Morgan fingerprint density at radius 1 is 0.651 bits per heavy atom.